The van der Waals surface area contributed by atoms with Crippen LogP contribution in [0.2, 0.25) is 0 Å². The maximum absolute atomic E-state index is 14.4. The Morgan fingerprint density at radius 2 is 1.78 bits per heavy atom. The molecule has 1 saturated heterocycles. The molecule has 0 radical (unpaired) electrons. The molecular weight excluding hydrogens is 419 g/mol. The van der Waals surface area contributed by atoms with E-state index in [1.807, 2.05) is 0 Å². The molecule has 2 aromatic carbocycles. The van der Waals surface area contributed by atoms with Gasteiger partial charge >= 0.3 is 5.56 Å². The van der Waals surface area contributed by atoms with Gasteiger partial charge in [0.05, 0.1) is 17.1 Å². The van der Waals surface area contributed by atoms with Crippen molar-refractivity contribution in [2.45, 2.75) is 0 Å². The lowest BCUT2D eigenvalue weighted by Crippen LogP contribution is -2.51. The van der Waals surface area contributed by atoms with Crippen molar-refractivity contribution in [2.75, 3.05) is 39.9 Å². The van der Waals surface area contributed by atoms with Gasteiger partial charge in [-0.15, -0.1) is 5.10 Å². The Hall–Kier alpha value is -3.79. The molecule has 0 saturated carbocycles. The number of hydrogen-bond acceptors (Lipinski definition) is 6. The van der Waals surface area contributed by atoms with Crippen molar-refractivity contribution in [3.05, 3.63) is 70.4 Å². The molecule has 2 amide bonds. The summed E-state index contributed by atoms with van der Waals surface area (Å²) in [5.41, 5.74) is -0.662. The van der Waals surface area contributed by atoms with Crippen molar-refractivity contribution in [2.24, 2.45) is 0 Å². The molecule has 0 bridgehead atoms. The second-order valence-electron chi connectivity index (χ2n) is 7.25. The van der Waals surface area contributed by atoms with Gasteiger partial charge in [0.1, 0.15) is 12.4 Å². The molecule has 3 aromatic rings. The number of ether oxygens (including phenoxy) is 1. The number of piperazine rings is 1. The van der Waals surface area contributed by atoms with Gasteiger partial charge in [0.15, 0.2) is 5.75 Å². The van der Waals surface area contributed by atoms with Crippen molar-refractivity contribution in [3.63, 3.8) is 0 Å². The van der Waals surface area contributed by atoms with E-state index in [4.69, 9.17) is 9.57 Å². The number of methoxy groups -OCH3 is 1. The minimum atomic E-state index is -0.709. The summed E-state index contributed by atoms with van der Waals surface area (Å²) in [6.45, 7) is 1.18. The first-order valence-electron chi connectivity index (χ1n) is 9.99. The first-order chi connectivity index (χ1) is 15.5. The largest absolute Gasteiger partial charge is 0.375 e. The number of fused-ring (bicyclic) bond motifs is 1. The number of nitrogens with zero attached hydrogens (tertiary/aromatic N) is 4. The van der Waals surface area contributed by atoms with Crippen LogP contribution in [0.3, 0.4) is 0 Å². The third kappa shape index (κ3) is 4.30. The van der Waals surface area contributed by atoms with E-state index in [2.05, 4.69) is 5.10 Å². The Morgan fingerprint density at radius 1 is 1.06 bits per heavy atom. The first-order valence-corrected chi connectivity index (χ1v) is 9.99. The van der Waals surface area contributed by atoms with Crippen LogP contribution < -0.4 is 10.4 Å². The molecule has 0 N–H and O–H groups in total. The second-order valence-corrected chi connectivity index (χ2v) is 7.25. The minimum Gasteiger partial charge on any atom is -0.375 e. The summed E-state index contributed by atoms with van der Waals surface area (Å²) in [6.07, 6.45) is 1.48. The molecule has 32 heavy (non-hydrogen) atoms. The molecule has 1 fully saturated rings. The van der Waals surface area contributed by atoms with E-state index in [9.17, 15) is 18.8 Å². The highest BCUT2D eigenvalue weighted by molar-refractivity contribution is 5.95. The average molecular weight is 440 g/mol. The van der Waals surface area contributed by atoms with Crippen molar-refractivity contribution in [1.82, 2.24) is 19.7 Å². The van der Waals surface area contributed by atoms with E-state index in [0.29, 0.717) is 23.9 Å². The molecule has 0 aliphatic carbocycles. The van der Waals surface area contributed by atoms with E-state index in [1.165, 1.54) is 30.3 Å². The van der Waals surface area contributed by atoms with Crippen molar-refractivity contribution in [3.8, 4) is 5.75 Å². The average Bonchev–Trinajstić information content (AvgIpc) is 2.82. The molecule has 0 unspecified atom stereocenters. The fourth-order valence-electron chi connectivity index (χ4n) is 3.51. The highest BCUT2D eigenvalue weighted by Gasteiger charge is 2.26. The fourth-order valence-corrected chi connectivity index (χ4v) is 3.51. The summed E-state index contributed by atoms with van der Waals surface area (Å²) in [5.74, 6) is -1.30. The Morgan fingerprint density at radius 3 is 2.53 bits per heavy atom. The van der Waals surface area contributed by atoms with Crippen LogP contribution in [0.4, 0.5) is 4.39 Å². The summed E-state index contributed by atoms with van der Waals surface area (Å²) >= 11 is 0. The summed E-state index contributed by atoms with van der Waals surface area (Å²) in [4.78, 5) is 46.8. The fraction of sp³-hybridized carbons (Fsp3) is 0.273. The van der Waals surface area contributed by atoms with Crippen molar-refractivity contribution in [1.29, 1.82) is 0 Å². The van der Waals surface area contributed by atoms with E-state index in [-0.39, 0.29) is 36.9 Å². The standard InChI is InChI=1S/C22H21FN4O5/c1-31-14-20(28)25-8-10-26(11-9-25)21(29)18-12-16(6-7-19(18)23)32-27-22(30)17-5-3-2-4-15(17)13-24-27/h2-7,12-13H,8-11,14H2,1H3. The molecule has 0 spiro atoms. The Bertz CT molecular complexity index is 1220. The van der Waals surface area contributed by atoms with Crippen LogP contribution in [0.1, 0.15) is 10.4 Å². The van der Waals surface area contributed by atoms with Crippen LogP contribution in [0.25, 0.3) is 10.8 Å². The predicted molar refractivity (Wildman–Crippen MR) is 113 cm³/mol. The summed E-state index contributed by atoms with van der Waals surface area (Å²) in [7, 11) is 1.44. The topological polar surface area (TPSA) is 94.0 Å². The highest BCUT2D eigenvalue weighted by Crippen LogP contribution is 2.20. The quantitative estimate of drug-likeness (QED) is 0.594. The number of rotatable bonds is 5. The number of carbonyl (C=O) groups is 2. The van der Waals surface area contributed by atoms with Crippen molar-refractivity contribution >= 4 is 22.6 Å². The van der Waals surface area contributed by atoms with Crippen LogP contribution in [0, 0.1) is 5.82 Å². The number of benzene rings is 2. The normalized spacial score (nSPS) is 13.9. The van der Waals surface area contributed by atoms with Crippen LogP contribution in [0.5, 0.6) is 5.75 Å². The SMILES string of the molecule is COCC(=O)N1CCN(C(=O)c2cc(On3ncc4ccccc4c3=O)ccc2F)CC1. The first kappa shape index (κ1) is 21.4. The van der Waals surface area contributed by atoms with Crippen LogP contribution in [-0.4, -0.2) is 71.5 Å². The molecule has 0 atom stereocenters. The molecule has 1 aliphatic heterocycles. The van der Waals surface area contributed by atoms with Gasteiger partial charge in [-0.1, -0.05) is 23.0 Å². The third-order valence-corrected chi connectivity index (χ3v) is 5.21. The monoisotopic (exact) mass is 440 g/mol. The molecule has 9 nitrogen and oxygen atoms in total. The van der Waals surface area contributed by atoms with Gasteiger partial charge in [0.25, 0.3) is 5.91 Å². The molecular formula is C22H21FN4O5. The van der Waals surface area contributed by atoms with Gasteiger partial charge in [-0.05, 0) is 24.3 Å². The predicted octanol–water partition coefficient (Wildman–Crippen LogP) is 1.31. The lowest BCUT2D eigenvalue weighted by atomic mass is 10.1. The van der Waals surface area contributed by atoms with Crippen LogP contribution in [0.15, 0.2) is 53.5 Å². The van der Waals surface area contributed by atoms with E-state index >= 15 is 0 Å². The zero-order valence-corrected chi connectivity index (χ0v) is 17.4. The Labute approximate surface area is 182 Å². The minimum absolute atomic E-state index is 0.0237. The number of amides is 2. The number of carbonyl (C=O) groups excluding carboxylic acids is 2. The van der Waals surface area contributed by atoms with Gasteiger partial charge < -0.3 is 19.4 Å². The zero-order chi connectivity index (χ0) is 22.7. The van der Waals surface area contributed by atoms with Gasteiger partial charge in [-0.25, -0.2) is 4.39 Å². The van der Waals surface area contributed by atoms with E-state index < -0.39 is 17.3 Å². The van der Waals surface area contributed by atoms with Crippen molar-refractivity contribution < 1.29 is 23.6 Å². The number of aromatic nitrogens is 2. The number of hydrogen-bond donors (Lipinski definition) is 0. The summed E-state index contributed by atoms with van der Waals surface area (Å²) < 4.78 is 19.3. The summed E-state index contributed by atoms with van der Waals surface area (Å²) in [6, 6.07) is 10.6. The lowest BCUT2D eigenvalue weighted by molar-refractivity contribution is -0.136. The van der Waals surface area contributed by atoms with E-state index in [1.54, 1.807) is 29.2 Å². The lowest BCUT2D eigenvalue weighted by Gasteiger charge is -2.34. The number of halogens is 1. The van der Waals surface area contributed by atoms with E-state index in [0.717, 1.165) is 10.9 Å². The van der Waals surface area contributed by atoms with Gasteiger partial charge in [0, 0.05) is 38.7 Å². The smallest absolute Gasteiger partial charge is 0.311 e. The maximum Gasteiger partial charge on any atom is 0.311 e. The molecule has 1 aromatic heterocycles. The van der Waals surface area contributed by atoms with Gasteiger partial charge in [0.2, 0.25) is 5.91 Å². The maximum atomic E-state index is 14.4. The van der Waals surface area contributed by atoms with Gasteiger partial charge in [-0.3, -0.25) is 14.4 Å². The molecule has 10 heteroatoms. The van der Waals surface area contributed by atoms with Crippen LogP contribution >= 0.6 is 0 Å². The molecule has 4 rings (SSSR count). The third-order valence-electron chi connectivity index (χ3n) is 5.21. The Kier molecular flexibility index (Phi) is 6.13. The highest BCUT2D eigenvalue weighted by atomic mass is 19.1. The zero-order valence-electron chi connectivity index (χ0n) is 17.4. The molecule has 2 heterocycles. The molecule has 166 valence electrons. The second kappa shape index (κ2) is 9.15. The van der Waals surface area contributed by atoms with Gasteiger partial charge in [-0.2, -0.15) is 0 Å². The van der Waals surface area contributed by atoms with Crippen LogP contribution in [-0.2, 0) is 9.53 Å². The summed E-state index contributed by atoms with van der Waals surface area (Å²) in [5, 5.41) is 5.05. The molecule has 1 aliphatic rings. The Balaban J connectivity index is 1.51.